The first-order valence-corrected chi connectivity index (χ1v) is 4.91. The molecule has 1 fully saturated rings. The van der Waals surface area contributed by atoms with Crippen molar-refractivity contribution >= 4 is 5.91 Å². The lowest BCUT2D eigenvalue weighted by molar-refractivity contribution is -0.135. The van der Waals surface area contributed by atoms with Gasteiger partial charge in [-0.05, 0) is 25.7 Å². The maximum absolute atomic E-state index is 11.8. The Hall–Kier alpha value is -1.08. The van der Waals surface area contributed by atoms with Crippen molar-refractivity contribution in [2.75, 3.05) is 13.6 Å². The van der Waals surface area contributed by atoms with E-state index in [-0.39, 0.29) is 5.91 Å². The maximum atomic E-state index is 11.8. The fourth-order valence-electron chi connectivity index (χ4n) is 1.59. The van der Waals surface area contributed by atoms with Crippen LogP contribution in [0.25, 0.3) is 0 Å². The van der Waals surface area contributed by atoms with E-state index in [4.69, 9.17) is 11.0 Å². The normalized spacial score (nSPS) is 19.6. The second kappa shape index (κ2) is 3.97. The highest BCUT2D eigenvalue weighted by atomic mass is 16.2. The summed E-state index contributed by atoms with van der Waals surface area (Å²) in [6.07, 6.45) is 2.46. The minimum Gasteiger partial charge on any atom is -0.343 e. The van der Waals surface area contributed by atoms with Crippen molar-refractivity contribution in [3.05, 3.63) is 0 Å². The number of amides is 1. The highest BCUT2D eigenvalue weighted by molar-refractivity contribution is 5.86. The van der Waals surface area contributed by atoms with Crippen molar-refractivity contribution < 1.29 is 4.79 Å². The lowest BCUT2D eigenvalue weighted by Crippen LogP contribution is -2.53. The third-order valence-corrected chi connectivity index (χ3v) is 2.79. The molecule has 1 rings (SSSR count). The van der Waals surface area contributed by atoms with Gasteiger partial charge < -0.3 is 10.6 Å². The summed E-state index contributed by atoms with van der Waals surface area (Å²) in [7, 11) is 1.70. The van der Waals surface area contributed by atoms with Gasteiger partial charge in [-0.15, -0.1) is 0 Å². The van der Waals surface area contributed by atoms with Crippen LogP contribution >= 0.6 is 0 Å². The summed E-state index contributed by atoms with van der Waals surface area (Å²) in [5.74, 6) is 0.287. The second-order valence-corrected chi connectivity index (χ2v) is 4.19. The lowest BCUT2D eigenvalue weighted by atomic mass is 9.95. The van der Waals surface area contributed by atoms with Crippen LogP contribution in [0.3, 0.4) is 0 Å². The van der Waals surface area contributed by atoms with E-state index in [0.717, 1.165) is 12.8 Å². The third kappa shape index (κ3) is 2.24. The highest BCUT2D eigenvalue weighted by Gasteiger charge is 2.45. The van der Waals surface area contributed by atoms with Crippen LogP contribution in [0.1, 0.15) is 26.2 Å². The topological polar surface area (TPSA) is 70.1 Å². The van der Waals surface area contributed by atoms with Crippen molar-refractivity contribution in [1.82, 2.24) is 4.90 Å². The van der Waals surface area contributed by atoms with E-state index in [0.29, 0.717) is 18.9 Å². The molecule has 0 bridgehead atoms. The van der Waals surface area contributed by atoms with Crippen molar-refractivity contribution in [3.63, 3.8) is 0 Å². The molecule has 1 saturated carbocycles. The zero-order valence-electron chi connectivity index (χ0n) is 8.79. The van der Waals surface area contributed by atoms with Crippen molar-refractivity contribution in [3.8, 4) is 6.07 Å². The van der Waals surface area contributed by atoms with Gasteiger partial charge in [-0.2, -0.15) is 5.26 Å². The number of hydrogen-bond acceptors (Lipinski definition) is 3. The minimum atomic E-state index is -0.732. The van der Waals surface area contributed by atoms with Crippen LogP contribution in [0, 0.1) is 17.2 Å². The molecule has 78 valence electrons. The number of nitrogens with zero attached hydrogens (tertiary/aromatic N) is 2. The first-order chi connectivity index (χ1) is 6.50. The number of carbonyl (C=O) groups excluding carboxylic acids is 1. The number of likely N-dealkylation sites (N-methyl/N-ethyl adjacent to an activating group) is 1. The number of rotatable bonds is 4. The molecule has 0 aromatic carbocycles. The summed E-state index contributed by atoms with van der Waals surface area (Å²) in [5.41, 5.74) is 5.23. The number of hydrogen-bond donors (Lipinski definition) is 1. The van der Waals surface area contributed by atoms with Gasteiger partial charge in [0, 0.05) is 13.6 Å². The molecular weight excluding hydrogens is 178 g/mol. The van der Waals surface area contributed by atoms with E-state index < -0.39 is 5.54 Å². The Balaban J connectivity index is 2.51. The van der Waals surface area contributed by atoms with Crippen LogP contribution in [0.2, 0.25) is 0 Å². The SMILES string of the molecule is CN(CCC#N)C(=O)C(C)(N)C1CC1. The van der Waals surface area contributed by atoms with Crippen LogP contribution in [0.15, 0.2) is 0 Å². The van der Waals surface area contributed by atoms with Gasteiger partial charge in [0.1, 0.15) is 0 Å². The van der Waals surface area contributed by atoms with Crippen LogP contribution in [0.5, 0.6) is 0 Å². The minimum absolute atomic E-state index is 0.0461. The Kier molecular flexibility index (Phi) is 3.12. The Morgan fingerprint density at radius 2 is 2.29 bits per heavy atom. The molecule has 0 aliphatic heterocycles. The zero-order chi connectivity index (χ0) is 10.8. The van der Waals surface area contributed by atoms with E-state index in [1.54, 1.807) is 18.9 Å². The zero-order valence-corrected chi connectivity index (χ0v) is 8.79. The van der Waals surface area contributed by atoms with Gasteiger partial charge in [-0.1, -0.05) is 0 Å². The fraction of sp³-hybridized carbons (Fsp3) is 0.800. The molecule has 0 spiro atoms. The monoisotopic (exact) mass is 195 g/mol. The third-order valence-electron chi connectivity index (χ3n) is 2.79. The van der Waals surface area contributed by atoms with E-state index in [1.165, 1.54) is 0 Å². The van der Waals surface area contributed by atoms with Crippen LogP contribution < -0.4 is 5.73 Å². The summed E-state index contributed by atoms with van der Waals surface area (Å²) < 4.78 is 0. The molecule has 1 aliphatic carbocycles. The summed E-state index contributed by atoms with van der Waals surface area (Å²) in [6, 6.07) is 2.02. The smallest absolute Gasteiger partial charge is 0.242 e. The largest absolute Gasteiger partial charge is 0.343 e. The van der Waals surface area contributed by atoms with Gasteiger partial charge >= 0.3 is 0 Å². The van der Waals surface area contributed by atoms with Gasteiger partial charge in [-0.25, -0.2) is 0 Å². The molecule has 1 amide bonds. The molecule has 0 aromatic heterocycles. The summed E-state index contributed by atoms with van der Waals surface area (Å²) in [6.45, 7) is 2.25. The first-order valence-electron chi connectivity index (χ1n) is 4.91. The molecule has 1 aliphatic rings. The summed E-state index contributed by atoms with van der Waals surface area (Å²) in [4.78, 5) is 13.4. The average Bonchev–Trinajstić information content (AvgIpc) is 2.95. The predicted octanol–water partition coefficient (Wildman–Crippen LogP) is 0.486. The molecule has 0 aromatic rings. The van der Waals surface area contributed by atoms with Crippen LogP contribution in [0.4, 0.5) is 0 Å². The maximum Gasteiger partial charge on any atom is 0.242 e. The summed E-state index contributed by atoms with van der Waals surface area (Å²) in [5, 5.41) is 8.40. The molecule has 1 atom stereocenters. The van der Waals surface area contributed by atoms with Crippen LogP contribution in [-0.4, -0.2) is 29.9 Å². The van der Waals surface area contributed by atoms with E-state index in [9.17, 15) is 4.79 Å². The number of nitriles is 1. The molecule has 1 unspecified atom stereocenters. The first kappa shape index (κ1) is 11.0. The molecule has 0 radical (unpaired) electrons. The van der Waals surface area contributed by atoms with Gasteiger partial charge in [0.25, 0.3) is 0 Å². The van der Waals surface area contributed by atoms with Gasteiger partial charge in [0.15, 0.2) is 0 Å². The van der Waals surface area contributed by atoms with Gasteiger partial charge in [0.2, 0.25) is 5.91 Å². The molecular formula is C10H17N3O. The van der Waals surface area contributed by atoms with Gasteiger partial charge in [0.05, 0.1) is 18.0 Å². The van der Waals surface area contributed by atoms with Crippen molar-refractivity contribution in [1.29, 1.82) is 5.26 Å². The molecule has 2 N–H and O–H groups in total. The predicted molar refractivity (Wildman–Crippen MR) is 53.2 cm³/mol. The van der Waals surface area contributed by atoms with E-state index >= 15 is 0 Å². The summed E-state index contributed by atoms with van der Waals surface area (Å²) >= 11 is 0. The van der Waals surface area contributed by atoms with Crippen LogP contribution in [-0.2, 0) is 4.79 Å². The molecule has 4 nitrogen and oxygen atoms in total. The fourth-order valence-corrected chi connectivity index (χ4v) is 1.59. The molecule has 14 heavy (non-hydrogen) atoms. The number of nitrogens with two attached hydrogens (primary N) is 1. The second-order valence-electron chi connectivity index (χ2n) is 4.19. The number of carbonyl (C=O) groups is 1. The van der Waals surface area contributed by atoms with E-state index in [2.05, 4.69) is 0 Å². The Morgan fingerprint density at radius 3 is 2.71 bits per heavy atom. The molecule has 4 heteroatoms. The molecule has 0 saturated heterocycles. The average molecular weight is 195 g/mol. The quantitative estimate of drug-likeness (QED) is 0.709. The highest BCUT2D eigenvalue weighted by Crippen LogP contribution is 2.38. The molecule has 0 heterocycles. The van der Waals surface area contributed by atoms with E-state index in [1.807, 2.05) is 6.07 Å². The Labute approximate surface area is 84.7 Å². The van der Waals surface area contributed by atoms with Crippen molar-refractivity contribution in [2.24, 2.45) is 11.7 Å². The standard InChI is InChI=1S/C10H17N3O/c1-10(12,8-4-5-8)9(14)13(2)7-3-6-11/h8H,3-5,7,12H2,1-2H3. The lowest BCUT2D eigenvalue weighted by Gasteiger charge is -2.28. The van der Waals surface area contributed by atoms with Gasteiger partial charge in [-0.3, -0.25) is 4.79 Å². The van der Waals surface area contributed by atoms with Crippen molar-refractivity contribution in [2.45, 2.75) is 31.7 Å². The Bertz CT molecular complexity index is 263. The Morgan fingerprint density at radius 1 is 1.71 bits per heavy atom.